The van der Waals surface area contributed by atoms with E-state index in [9.17, 15) is 4.79 Å². The summed E-state index contributed by atoms with van der Waals surface area (Å²) >= 11 is 0. The van der Waals surface area contributed by atoms with Crippen LogP contribution in [0.1, 0.15) is 35.1 Å². The Hall–Kier alpha value is -1.12. The first-order valence-electron chi connectivity index (χ1n) is 4.11. The minimum Gasteiger partial charge on any atom is -0.294 e. The van der Waals surface area contributed by atoms with Gasteiger partial charge in [-0.3, -0.25) is 9.48 Å². The second-order valence-electron chi connectivity index (χ2n) is 2.95. The molecule has 3 heteroatoms. The molecule has 0 radical (unpaired) electrons. The number of nitrogens with zero attached hydrogens (tertiary/aromatic N) is 2. The largest absolute Gasteiger partial charge is 0.294 e. The number of Topliss-reactive ketones (excluding diaryl/α,β-unsaturated/α-hetero) is 1. The Morgan fingerprint density at radius 3 is 2.42 bits per heavy atom. The second-order valence-corrected chi connectivity index (χ2v) is 2.95. The van der Waals surface area contributed by atoms with Crippen LogP contribution in [0.15, 0.2) is 0 Å². The number of carbonyl (C=O) groups is 1. The molecule has 0 bridgehead atoms. The van der Waals surface area contributed by atoms with Crippen LogP contribution in [0.25, 0.3) is 0 Å². The lowest BCUT2D eigenvalue weighted by atomic mass is 10.1. The molecule has 0 saturated carbocycles. The monoisotopic (exact) mass is 166 g/mol. The minimum absolute atomic E-state index is 0.179. The summed E-state index contributed by atoms with van der Waals surface area (Å²) in [4.78, 5) is 11.4. The van der Waals surface area contributed by atoms with Gasteiger partial charge in [0.1, 0.15) is 0 Å². The first-order chi connectivity index (χ1) is 5.57. The highest BCUT2D eigenvalue weighted by atomic mass is 16.1. The Morgan fingerprint density at radius 1 is 1.50 bits per heavy atom. The Kier molecular flexibility index (Phi) is 2.31. The quantitative estimate of drug-likeness (QED) is 0.626. The summed E-state index contributed by atoms with van der Waals surface area (Å²) in [7, 11) is 1.86. The van der Waals surface area contributed by atoms with Gasteiger partial charge in [-0.15, -0.1) is 0 Å². The van der Waals surface area contributed by atoms with Gasteiger partial charge in [-0.1, -0.05) is 6.92 Å². The van der Waals surface area contributed by atoms with Crippen LogP contribution in [0.3, 0.4) is 0 Å². The maximum Gasteiger partial charge on any atom is 0.166 e. The van der Waals surface area contributed by atoms with E-state index in [-0.39, 0.29) is 5.78 Å². The van der Waals surface area contributed by atoms with Crippen LogP contribution < -0.4 is 0 Å². The Bertz CT molecular complexity index is 313. The van der Waals surface area contributed by atoms with Crippen molar-refractivity contribution < 1.29 is 4.79 Å². The molecule has 0 atom stereocenters. The fraction of sp³-hybridized carbons (Fsp3) is 0.556. The number of hydrogen-bond donors (Lipinski definition) is 0. The van der Waals surface area contributed by atoms with Gasteiger partial charge in [0, 0.05) is 19.2 Å². The summed E-state index contributed by atoms with van der Waals surface area (Å²) < 4.78 is 1.75. The highest BCUT2D eigenvalue weighted by Crippen LogP contribution is 2.13. The fourth-order valence-corrected chi connectivity index (χ4v) is 1.35. The molecule has 0 unspecified atom stereocenters. The summed E-state index contributed by atoms with van der Waals surface area (Å²) in [5, 5.41) is 4.18. The molecule has 0 N–H and O–H groups in total. The van der Waals surface area contributed by atoms with Crippen molar-refractivity contribution in [3.8, 4) is 0 Å². The minimum atomic E-state index is 0.179. The van der Waals surface area contributed by atoms with E-state index < -0.39 is 0 Å². The van der Waals surface area contributed by atoms with E-state index in [4.69, 9.17) is 0 Å². The molecule has 1 aromatic rings. The van der Waals surface area contributed by atoms with Gasteiger partial charge in [0.05, 0.1) is 11.3 Å². The summed E-state index contributed by atoms with van der Waals surface area (Å²) in [6.45, 7) is 5.66. The summed E-state index contributed by atoms with van der Waals surface area (Å²) in [6, 6.07) is 0. The van der Waals surface area contributed by atoms with Gasteiger partial charge in [0.15, 0.2) is 5.78 Å². The molecule has 1 heterocycles. The molecule has 66 valence electrons. The predicted octanol–water partition coefficient (Wildman–Crippen LogP) is 1.63. The van der Waals surface area contributed by atoms with Gasteiger partial charge in [-0.2, -0.15) is 5.10 Å². The molecule has 0 saturated heterocycles. The molecule has 1 aromatic heterocycles. The van der Waals surface area contributed by atoms with Crippen molar-refractivity contribution in [2.75, 3.05) is 0 Å². The van der Waals surface area contributed by atoms with Gasteiger partial charge in [-0.05, 0) is 13.8 Å². The number of aromatic nitrogens is 2. The normalized spacial score (nSPS) is 10.3. The second kappa shape index (κ2) is 3.09. The van der Waals surface area contributed by atoms with E-state index in [2.05, 4.69) is 5.10 Å². The summed E-state index contributed by atoms with van der Waals surface area (Å²) in [5.41, 5.74) is 2.58. The third-order valence-corrected chi connectivity index (χ3v) is 2.11. The SMILES string of the molecule is CCC(=O)c1c(C)nn(C)c1C. The topological polar surface area (TPSA) is 34.9 Å². The molecule has 1 rings (SSSR count). The first-order valence-corrected chi connectivity index (χ1v) is 4.11. The van der Waals surface area contributed by atoms with Gasteiger partial charge < -0.3 is 0 Å². The average molecular weight is 166 g/mol. The molecule has 0 fully saturated rings. The highest BCUT2D eigenvalue weighted by Gasteiger charge is 2.14. The van der Waals surface area contributed by atoms with Gasteiger partial charge >= 0.3 is 0 Å². The van der Waals surface area contributed by atoms with Crippen molar-refractivity contribution >= 4 is 5.78 Å². The highest BCUT2D eigenvalue weighted by molar-refractivity contribution is 5.97. The van der Waals surface area contributed by atoms with Gasteiger partial charge in [-0.25, -0.2) is 0 Å². The lowest BCUT2D eigenvalue weighted by Crippen LogP contribution is -2.00. The van der Waals surface area contributed by atoms with E-state index in [0.717, 1.165) is 17.0 Å². The number of hydrogen-bond acceptors (Lipinski definition) is 2. The third-order valence-electron chi connectivity index (χ3n) is 2.11. The molecule has 0 aliphatic heterocycles. The lowest BCUT2D eigenvalue weighted by Gasteiger charge is -1.96. The van der Waals surface area contributed by atoms with Crippen LogP contribution in [0, 0.1) is 13.8 Å². The maximum atomic E-state index is 11.4. The van der Waals surface area contributed by atoms with E-state index in [1.54, 1.807) is 4.68 Å². The fourth-order valence-electron chi connectivity index (χ4n) is 1.35. The smallest absolute Gasteiger partial charge is 0.166 e. The average Bonchev–Trinajstić information content (AvgIpc) is 2.26. The third kappa shape index (κ3) is 1.26. The first kappa shape index (κ1) is 8.97. The van der Waals surface area contributed by atoms with Crippen molar-refractivity contribution in [2.45, 2.75) is 27.2 Å². The molecule has 12 heavy (non-hydrogen) atoms. The zero-order valence-electron chi connectivity index (χ0n) is 8.01. The van der Waals surface area contributed by atoms with Crippen LogP contribution in [-0.2, 0) is 7.05 Å². The van der Waals surface area contributed by atoms with Gasteiger partial charge in [0.2, 0.25) is 0 Å². The van der Waals surface area contributed by atoms with E-state index in [0.29, 0.717) is 6.42 Å². The van der Waals surface area contributed by atoms with E-state index >= 15 is 0 Å². The van der Waals surface area contributed by atoms with Crippen molar-refractivity contribution in [3.63, 3.8) is 0 Å². The predicted molar refractivity (Wildman–Crippen MR) is 47.3 cm³/mol. The summed E-state index contributed by atoms with van der Waals surface area (Å²) in [6.07, 6.45) is 0.549. The molecule has 0 aliphatic carbocycles. The van der Waals surface area contributed by atoms with Crippen LogP contribution in [0.4, 0.5) is 0 Å². The lowest BCUT2D eigenvalue weighted by molar-refractivity contribution is 0.0987. The van der Waals surface area contributed by atoms with E-state index in [1.165, 1.54) is 0 Å². The number of ketones is 1. The number of rotatable bonds is 2. The van der Waals surface area contributed by atoms with Crippen LogP contribution >= 0.6 is 0 Å². The molecular formula is C9H14N2O. The van der Waals surface area contributed by atoms with E-state index in [1.807, 2.05) is 27.8 Å². The van der Waals surface area contributed by atoms with Crippen LogP contribution in [0.5, 0.6) is 0 Å². The molecule has 0 aliphatic rings. The van der Waals surface area contributed by atoms with Gasteiger partial charge in [0.25, 0.3) is 0 Å². The van der Waals surface area contributed by atoms with Crippen molar-refractivity contribution in [1.82, 2.24) is 9.78 Å². The molecular weight excluding hydrogens is 152 g/mol. The molecule has 0 spiro atoms. The van der Waals surface area contributed by atoms with Crippen LogP contribution in [-0.4, -0.2) is 15.6 Å². The number of aryl methyl sites for hydroxylation is 2. The molecule has 0 amide bonds. The van der Waals surface area contributed by atoms with Crippen molar-refractivity contribution in [1.29, 1.82) is 0 Å². The Morgan fingerprint density at radius 2 is 2.08 bits per heavy atom. The zero-order valence-corrected chi connectivity index (χ0v) is 8.01. The maximum absolute atomic E-state index is 11.4. The van der Waals surface area contributed by atoms with Crippen LogP contribution in [0.2, 0.25) is 0 Å². The van der Waals surface area contributed by atoms with Crippen molar-refractivity contribution in [2.24, 2.45) is 7.05 Å². The number of carbonyl (C=O) groups excluding carboxylic acids is 1. The molecule has 3 nitrogen and oxygen atoms in total. The Labute approximate surface area is 72.4 Å². The Balaban J connectivity index is 3.22. The zero-order chi connectivity index (χ0) is 9.30. The standard InChI is InChI=1S/C9H14N2O/c1-5-8(12)9-6(2)10-11(4)7(9)3/h5H2,1-4H3. The van der Waals surface area contributed by atoms with Crippen molar-refractivity contribution in [3.05, 3.63) is 17.0 Å². The molecule has 0 aromatic carbocycles. The summed E-state index contributed by atoms with van der Waals surface area (Å²) in [5.74, 6) is 0.179.